The number of hydrogen-bond acceptors (Lipinski definition) is 4. The zero-order valence-corrected chi connectivity index (χ0v) is 12.7. The predicted molar refractivity (Wildman–Crippen MR) is 81.6 cm³/mol. The van der Waals surface area contributed by atoms with Gasteiger partial charge in [-0.3, -0.25) is 0 Å². The van der Waals surface area contributed by atoms with Gasteiger partial charge in [0.1, 0.15) is 0 Å². The zero-order valence-electron chi connectivity index (χ0n) is 12.7. The number of carbonyl (C=O) groups is 2. The van der Waals surface area contributed by atoms with Crippen molar-refractivity contribution in [1.29, 1.82) is 0 Å². The van der Waals surface area contributed by atoms with Gasteiger partial charge in [-0.05, 0) is 55.9 Å². The molecule has 0 saturated heterocycles. The molecule has 0 aliphatic heterocycles. The first-order valence-corrected chi connectivity index (χ1v) is 7.20. The predicted octanol–water partition coefficient (Wildman–Crippen LogP) is 1.98. The summed E-state index contributed by atoms with van der Waals surface area (Å²) in [5.74, 6) is 4.86. The second-order valence-electron chi connectivity index (χ2n) is 5.19. The molecule has 0 atom stereocenters. The van der Waals surface area contributed by atoms with E-state index in [0.29, 0.717) is 30.2 Å². The zero-order chi connectivity index (χ0) is 16.7. The van der Waals surface area contributed by atoms with Crippen molar-refractivity contribution in [2.45, 2.75) is 31.3 Å². The lowest BCUT2D eigenvalue weighted by Gasteiger charge is -2.20. The van der Waals surface area contributed by atoms with Crippen LogP contribution in [0.1, 0.15) is 41.6 Å². The number of rotatable bonds is 3. The fourth-order valence-electron chi connectivity index (χ4n) is 2.46. The Morgan fingerprint density at radius 2 is 1.91 bits per heavy atom. The molecule has 1 aliphatic carbocycles. The summed E-state index contributed by atoms with van der Waals surface area (Å²) in [6, 6.07) is 6.67. The highest BCUT2D eigenvalue weighted by Crippen LogP contribution is 2.32. The van der Waals surface area contributed by atoms with Crippen molar-refractivity contribution in [3.63, 3.8) is 0 Å². The molecule has 2 rings (SSSR count). The number of esters is 2. The number of hydrogen-bond donors (Lipinski definition) is 0. The summed E-state index contributed by atoms with van der Waals surface area (Å²) in [6.07, 6.45) is 3.84. The lowest BCUT2D eigenvalue weighted by atomic mass is 10.0. The first-order valence-electron chi connectivity index (χ1n) is 7.20. The normalized spacial score (nSPS) is 14.8. The van der Waals surface area contributed by atoms with Crippen molar-refractivity contribution in [1.82, 2.24) is 0 Å². The number of ether oxygens (including phenoxy) is 2. The molecule has 6 nitrogen and oxygen atoms in total. The Morgan fingerprint density at radius 1 is 1.26 bits per heavy atom. The highest BCUT2D eigenvalue weighted by Gasteiger charge is 2.36. The minimum Gasteiger partial charge on any atom is -0.465 e. The molecule has 1 saturated carbocycles. The molecule has 0 spiro atoms. The Morgan fingerprint density at radius 3 is 2.48 bits per heavy atom. The van der Waals surface area contributed by atoms with Crippen LogP contribution in [0.5, 0.6) is 0 Å². The van der Waals surface area contributed by atoms with Crippen LogP contribution < -0.4 is 0 Å². The van der Waals surface area contributed by atoms with E-state index in [1.165, 1.54) is 7.11 Å². The molecular weight excluding hydrogens is 296 g/mol. The van der Waals surface area contributed by atoms with Crippen LogP contribution in [0.4, 0.5) is 0 Å². The van der Waals surface area contributed by atoms with Gasteiger partial charge in [0.05, 0.1) is 12.7 Å². The van der Waals surface area contributed by atoms with Gasteiger partial charge in [-0.1, -0.05) is 5.92 Å². The Balaban J connectivity index is 2.18. The van der Waals surface area contributed by atoms with Crippen molar-refractivity contribution in [2.75, 3.05) is 7.11 Å². The van der Waals surface area contributed by atoms with Crippen LogP contribution in [0.3, 0.4) is 0 Å². The molecule has 1 aliphatic rings. The Labute approximate surface area is 134 Å². The van der Waals surface area contributed by atoms with Gasteiger partial charge in [0, 0.05) is 5.56 Å². The number of methoxy groups -OCH3 is 1. The summed E-state index contributed by atoms with van der Waals surface area (Å²) < 4.78 is 9.98. The summed E-state index contributed by atoms with van der Waals surface area (Å²) in [7, 11) is 1.32. The Kier molecular flexibility index (Phi) is 5.29. The second-order valence-corrected chi connectivity index (χ2v) is 5.19. The van der Waals surface area contributed by atoms with E-state index in [1.807, 2.05) is 0 Å². The van der Waals surface area contributed by atoms with Crippen molar-refractivity contribution in [3.8, 4) is 11.8 Å². The van der Waals surface area contributed by atoms with E-state index in [1.54, 1.807) is 24.3 Å². The van der Waals surface area contributed by atoms with Gasteiger partial charge in [0.15, 0.2) is 5.60 Å². The van der Waals surface area contributed by atoms with Crippen molar-refractivity contribution in [3.05, 3.63) is 40.9 Å². The number of benzene rings is 1. The van der Waals surface area contributed by atoms with E-state index in [9.17, 15) is 9.59 Å². The average Bonchev–Trinajstić information content (AvgIpc) is 3.01. The maximum atomic E-state index is 11.5. The molecular formula is C17H16N2O4. The summed E-state index contributed by atoms with van der Waals surface area (Å²) in [4.78, 5) is 25.6. The SMILES string of the molecule is COC(=O)c1ccc(C#CC2(OC(=O)C=[N+]=[N-])CCCC2)cc1. The first-order chi connectivity index (χ1) is 11.1. The largest absolute Gasteiger partial charge is 0.465 e. The fourth-order valence-corrected chi connectivity index (χ4v) is 2.46. The minimum absolute atomic E-state index is 0.408. The highest BCUT2D eigenvalue weighted by molar-refractivity contribution is 6.20. The standard InChI is InChI=1S/C17H16N2O4/c1-22-16(21)14-6-4-13(5-7-14)8-11-17(9-2-3-10-17)23-15(20)12-19-18/h4-7,12H,2-3,9-10H2,1H3. The van der Waals surface area contributed by atoms with Crippen LogP contribution in [-0.2, 0) is 14.3 Å². The van der Waals surface area contributed by atoms with Crippen LogP contribution in [0.15, 0.2) is 24.3 Å². The molecule has 0 N–H and O–H groups in total. The summed E-state index contributed by atoms with van der Waals surface area (Å²) in [5.41, 5.74) is 8.69. The molecule has 1 aromatic rings. The second kappa shape index (κ2) is 7.39. The van der Waals surface area contributed by atoms with Gasteiger partial charge in [-0.25, -0.2) is 9.59 Å². The van der Waals surface area contributed by atoms with E-state index >= 15 is 0 Å². The van der Waals surface area contributed by atoms with Crippen LogP contribution in [0.2, 0.25) is 0 Å². The summed E-state index contributed by atoms with van der Waals surface area (Å²) in [6.45, 7) is 0. The number of nitrogens with zero attached hydrogens (tertiary/aromatic N) is 2. The van der Waals surface area contributed by atoms with E-state index in [0.717, 1.165) is 12.8 Å². The van der Waals surface area contributed by atoms with Crippen molar-refractivity contribution in [2.24, 2.45) is 0 Å². The molecule has 118 valence electrons. The molecule has 0 aromatic heterocycles. The van der Waals surface area contributed by atoms with Crippen LogP contribution >= 0.6 is 0 Å². The average molecular weight is 312 g/mol. The van der Waals surface area contributed by atoms with Gasteiger partial charge < -0.3 is 15.0 Å². The Bertz CT molecular complexity index is 700. The van der Waals surface area contributed by atoms with Gasteiger partial charge >= 0.3 is 18.2 Å². The van der Waals surface area contributed by atoms with E-state index in [-0.39, 0.29) is 0 Å². The van der Waals surface area contributed by atoms with Gasteiger partial charge in [-0.2, -0.15) is 4.79 Å². The van der Waals surface area contributed by atoms with Crippen LogP contribution in [0, 0.1) is 11.8 Å². The van der Waals surface area contributed by atoms with E-state index in [2.05, 4.69) is 21.4 Å². The van der Waals surface area contributed by atoms with Crippen molar-refractivity contribution < 1.29 is 23.9 Å². The maximum Gasteiger partial charge on any atom is 0.415 e. The summed E-state index contributed by atoms with van der Waals surface area (Å²) in [5, 5.41) is 0. The van der Waals surface area contributed by atoms with Gasteiger partial charge in [0.25, 0.3) is 0 Å². The smallest absolute Gasteiger partial charge is 0.415 e. The third-order valence-corrected chi connectivity index (χ3v) is 3.61. The molecule has 1 aromatic carbocycles. The number of carbonyl (C=O) groups excluding carboxylic acids is 2. The van der Waals surface area contributed by atoms with Crippen LogP contribution in [0.25, 0.3) is 5.53 Å². The summed E-state index contributed by atoms with van der Waals surface area (Å²) >= 11 is 0. The molecule has 0 bridgehead atoms. The monoisotopic (exact) mass is 312 g/mol. The van der Waals surface area contributed by atoms with Gasteiger partial charge in [-0.15, -0.1) is 0 Å². The third kappa shape index (κ3) is 4.29. The lowest BCUT2D eigenvalue weighted by molar-refractivity contribution is -0.148. The lowest BCUT2D eigenvalue weighted by Crippen LogP contribution is -2.31. The molecule has 0 radical (unpaired) electrons. The molecule has 0 unspecified atom stereocenters. The van der Waals surface area contributed by atoms with E-state index < -0.39 is 17.5 Å². The molecule has 6 heteroatoms. The third-order valence-electron chi connectivity index (χ3n) is 3.61. The van der Waals surface area contributed by atoms with Gasteiger partial charge in [0.2, 0.25) is 0 Å². The molecule has 0 amide bonds. The quantitative estimate of drug-likeness (QED) is 0.281. The molecule has 0 heterocycles. The highest BCUT2D eigenvalue weighted by atomic mass is 16.6. The van der Waals surface area contributed by atoms with E-state index in [4.69, 9.17) is 10.3 Å². The van der Waals surface area contributed by atoms with Crippen molar-refractivity contribution >= 4 is 18.2 Å². The maximum absolute atomic E-state index is 11.5. The fraction of sp³-hybridized carbons (Fsp3) is 0.353. The minimum atomic E-state index is -0.848. The molecule has 23 heavy (non-hydrogen) atoms. The molecule has 1 fully saturated rings. The first kappa shape index (κ1) is 16.5. The Hall–Kier alpha value is -2.90. The van der Waals surface area contributed by atoms with Crippen LogP contribution in [-0.4, -0.2) is 35.7 Å². The topological polar surface area (TPSA) is 89.0 Å².